The maximum Gasteiger partial charge on any atom is 0.472 e. The zero-order chi connectivity index (χ0) is 65.3. The molecule has 0 aromatic rings. The zero-order valence-electron chi connectivity index (χ0n) is 54.3. The monoisotopic (exact) mass is 1280 g/mol. The van der Waals surface area contributed by atoms with E-state index < -0.39 is 91.5 Å². The van der Waals surface area contributed by atoms with E-state index in [0.29, 0.717) is 32.1 Å². The number of esters is 3. The topological polar surface area (TPSA) is 231 Å². The quantitative estimate of drug-likeness (QED) is 0.0146. The lowest BCUT2D eigenvalue weighted by atomic mass is 10.1. The van der Waals surface area contributed by atoms with Gasteiger partial charge in [-0.1, -0.05) is 217 Å². The molecule has 89 heavy (non-hydrogen) atoms. The molecule has 0 rings (SSSR count). The first-order valence-corrected chi connectivity index (χ1v) is 35.8. The normalized spacial score (nSPS) is 15.3. The van der Waals surface area contributed by atoms with E-state index in [1.54, 1.807) is 0 Å². The van der Waals surface area contributed by atoms with Crippen LogP contribution in [0.5, 0.6) is 0 Å². The van der Waals surface area contributed by atoms with Crippen LogP contribution in [0.15, 0.2) is 158 Å². The maximum absolute atomic E-state index is 12.9. The van der Waals surface area contributed by atoms with E-state index in [-0.39, 0.29) is 19.3 Å². The third kappa shape index (κ3) is 64.5. The van der Waals surface area contributed by atoms with Crippen molar-refractivity contribution in [3.8, 4) is 0 Å². The molecule has 0 spiro atoms. The summed E-state index contributed by atoms with van der Waals surface area (Å²) in [5.41, 5.74) is 0. The van der Waals surface area contributed by atoms with Crippen LogP contribution in [0.25, 0.3) is 0 Å². The van der Waals surface area contributed by atoms with E-state index in [1.165, 1.54) is 19.3 Å². The molecule has 0 aliphatic heterocycles. The summed E-state index contributed by atoms with van der Waals surface area (Å²) in [7, 11) is -9.83. The minimum atomic E-state index is -4.96. The summed E-state index contributed by atoms with van der Waals surface area (Å²) in [6.45, 7) is 2.21. The van der Waals surface area contributed by atoms with E-state index in [9.17, 15) is 43.5 Å². The SMILES string of the molecule is CC/C=C\C/C=C\C/C=C\C/C=C\C/C=C\CCCC(=O)OCC(COP(=O)(O)OCC(O)COP(=O)(O)OCC(O)COC(=O)CCCCCCCC/C=C\C/C=C\C/C=C\CCCCC)OC(=O)CCC/C=C\C/C=C\C/C=C\C/C=C\C/C=C\CC. The Labute approximate surface area is 536 Å². The zero-order valence-corrected chi connectivity index (χ0v) is 56.1. The molecule has 0 saturated heterocycles. The van der Waals surface area contributed by atoms with Crippen LogP contribution >= 0.6 is 15.6 Å². The average Bonchev–Trinajstić information content (AvgIpc) is 3.67. The summed E-state index contributed by atoms with van der Waals surface area (Å²) in [5.74, 6) is -1.74. The highest BCUT2D eigenvalue weighted by atomic mass is 31.2. The Kier molecular flexibility index (Phi) is 59.9. The lowest BCUT2D eigenvalue weighted by molar-refractivity contribution is -0.161. The fourth-order valence-corrected chi connectivity index (χ4v) is 9.35. The predicted octanol–water partition coefficient (Wildman–Crippen LogP) is 18.0. The van der Waals surface area contributed by atoms with Crippen LogP contribution in [-0.4, -0.2) is 95.9 Å². The highest BCUT2D eigenvalue weighted by Gasteiger charge is 2.29. The van der Waals surface area contributed by atoms with Crippen molar-refractivity contribution < 1.29 is 75.8 Å². The van der Waals surface area contributed by atoms with Crippen molar-refractivity contribution in [1.29, 1.82) is 0 Å². The summed E-state index contributed by atoms with van der Waals surface area (Å²) < 4.78 is 60.7. The van der Waals surface area contributed by atoms with Gasteiger partial charge < -0.3 is 34.2 Å². The van der Waals surface area contributed by atoms with Crippen LogP contribution in [0, 0.1) is 0 Å². The van der Waals surface area contributed by atoms with Gasteiger partial charge >= 0.3 is 33.6 Å². The molecular weight excluding hydrogens is 1170 g/mol. The standard InChI is InChI=1S/C71H114O16P2/c1-4-7-10-13-16-19-22-25-28-31-32-35-37-39-42-45-48-51-54-57-69(74)81-60-66(72)61-83-88(77,78)84-62-67(73)63-85-89(79,80)86-65-68(87-71(76)59-56-53-50-47-44-41-38-34-30-27-24-21-18-15-12-9-6-3)64-82-70(75)58-55-52-49-46-43-40-36-33-29-26-23-20-17-14-11-8-5-2/h8-9,11-12,16-21,25-30,32,35-36,38,40-41,46-47,49-50,66-68,72-73H,4-7,10,13-15,22-24,31,33-34,37,39,42-45,48,51-65H2,1-3H3,(H,77,78)(H,79,80)/b11-8-,12-9-,19-16-,20-17-,21-18-,28-25-,29-26-,30-27-,35-32-,40-36-,41-38-,49-46-,50-47-. The number of allylic oxidation sites excluding steroid dienone is 26. The van der Waals surface area contributed by atoms with Crippen molar-refractivity contribution in [1.82, 2.24) is 0 Å². The summed E-state index contributed by atoms with van der Waals surface area (Å²) in [4.78, 5) is 58.3. The molecule has 0 aromatic heterocycles. The number of phosphoric ester groups is 2. The van der Waals surface area contributed by atoms with Crippen molar-refractivity contribution in [2.24, 2.45) is 0 Å². The van der Waals surface area contributed by atoms with Gasteiger partial charge in [-0.15, -0.1) is 0 Å². The second-order valence-corrected chi connectivity index (χ2v) is 24.1. The minimum Gasteiger partial charge on any atom is -0.463 e. The molecule has 16 nitrogen and oxygen atoms in total. The van der Waals surface area contributed by atoms with Gasteiger partial charge in [0.1, 0.15) is 25.4 Å². The van der Waals surface area contributed by atoms with Gasteiger partial charge in [0.15, 0.2) is 6.10 Å². The van der Waals surface area contributed by atoms with Gasteiger partial charge in [-0.05, 0) is 135 Å². The van der Waals surface area contributed by atoms with Gasteiger partial charge in [-0.3, -0.25) is 32.5 Å². The molecule has 0 amide bonds. The Morgan fingerprint density at radius 2 is 0.607 bits per heavy atom. The van der Waals surface area contributed by atoms with Crippen LogP contribution in [0.1, 0.15) is 213 Å². The number of carbonyl (C=O) groups is 3. The van der Waals surface area contributed by atoms with Crippen LogP contribution in [0.3, 0.4) is 0 Å². The molecule has 18 heteroatoms. The largest absolute Gasteiger partial charge is 0.472 e. The number of phosphoric acid groups is 2. The summed E-state index contributed by atoms with van der Waals surface area (Å²) >= 11 is 0. The molecular formula is C71H114O16P2. The second kappa shape index (κ2) is 63.3. The van der Waals surface area contributed by atoms with Crippen LogP contribution in [0.4, 0.5) is 0 Å². The van der Waals surface area contributed by atoms with E-state index in [2.05, 4.69) is 154 Å². The molecule has 0 aliphatic carbocycles. The average molecular weight is 1290 g/mol. The van der Waals surface area contributed by atoms with Crippen molar-refractivity contribution in [2.45, 2.75) is 232 Å². The van der Waals surface area contributed by atoms with Gasteiger partial charge in [0.25, 0.3) is 0 Å². The summed E-state index contributed by atoms with van der Waals surface area (Å²) in [5, 5.41) is 20.5. The summed E-state index contributed by atoms with van der Waals surface area (Å²) in [6.07, 6.45) is 76.0. The lowest BCUT2D eigenvalue weighted by Crippen LogP contribution is -2.30. The van der Waals surface area contributed by atoms with Gasteiger partial charge in [-0.2, -0.15) is 0 Å². The first kappa shape index (κ1) is 84.2. The Balaban J connectivity index is 4.84. The Bertz CT molecular complexity index is 2250. The van der Waals surface area contributed by atoms with Crippen molar-refractivity contribution in [3.05, 3.63) is 158 Å². The van der Waals surface area contributed by atoms with Gasteiger partial charge in [0.05, 0.1) is 26.4 Å². The maximum atomic E-state index is 12.9. The summed E-state index contributed by atoms with van der Waals surface area (Å²) in [6, 6.07) is 0. The number of hydrogen-bond donors (Lipinski definition) is 4. The molecule has 504 valence electrons. The van der Waals surface area contributed by atoms with Crippen molar-refractivity contribution in [3.63, 3.8) is 0 Å². The number of unbranched alkanes of at least 4 members (excludes halogenated alkanes) is 11. The molecule has 5 unspecified atom stereocenters. The van der Waals surface area contributed by atoms with E-state index in [0.717, 1.165) is 122 Å². The molecule has 0 heterocycles. The van der Waals surface area contributed by atoms with Gasteiger partial charge in [0.2, 0.25) is 0 Å². The highest BCUT2D eigenvalue weighted by Crippen LogP contribution is 2.45. The third-order valence-electron chi connectivity index (χ3n) is 12.7. The number of ether oxygens (including phenoxy) is 3. The van der Waals surface area contributed by atoms with Crippen molar-refractivity contribution in [2.75, 3.05) is 39.6 Å². The number of carbonyl (C=O) groups excluding carboxylic acids is 3. The second-order valence-electron chi connectivity index (χ2n) is 21.1. The fraction of sp³-hybridized carbons (Fsp3) is 0.592. The third-order valence-corrected chi connectivity index (χ3v) is 14.6. The Morgan fingerprint density at radius 1 is 0.326 bits per heavy atom. The molecule has 0 saturated carbocycles. The van der Waals surface area contributed by atoms with E-state index >= 15 is 0 Å². The van der Waals surface area contributed by atoms with E-state index in [1.807, 2.05) is 24.3 Å². The molecule has 0 aliphatic rings. The number of hydrogen-bond acceptors (Lipinski definition) is 14. The number of aliphatic hydroxyl groups excluding tert-OH is 2. The minimum absolute atomic E-state index is 0.00685. The molecule has 4 N–H and O–H groups in total. The lowest BCUT2D eigenvalue weighted by Gasteiger charge is -2.21. The Morgan fingerprint density at radius 3 is 0.989 bits per heavy atom. The smallest absolute Gasteiger partial charge is 0.463 e. The highest BCUT2D eigenvalue weighted by molar-refractivity contribution is 7.47. The molecule has 0 bridgehead atoms. The van der Waals surface area contributed by atoms with E-state index in [4.69, 9.17) is 32.3 Å². The molecule has 0 aromatic carbocycles. The van der Waals surface area contributed by atoms with Crippen LogP contribution in [0.2, 0.25) is 0 Å². The predicted molar refractivity (Wildman–Crippen MR) is 362 cm³/mol. The van der Waals surface area contributed by atoms with Crippen LogP contribution < -0.4 is 0 Å². The molecule has 5 atom stereocenters. The number of rotatable bonds is 60. The Hall–Kier alpha value is -4.83. The van der Waals surface area contributed by atoms with Gasteiger partial charge in [-0.25, -0.2) is 9.13 Å². The first-order chi connectivity index (χ1) is 43.2. The van der Waals surface area contributed by atoms with Gasteiger partial charge in [0, 0.05) is 19.3 Å². The molecule has 0 fully saturated rings. The fourth-order valence-electron chi connectivity index (χ4n) is 7.76. The number of aliphatic hydroxyl groups is 2. The van der Waals surface area contributed by atoms with Crippen molar-refractivity contribution >= 4 is 33.6 Å². The molecule has 0 radical (unpaired) electrons. The van der Waals surface area contributed by atoms with Crippen LogP contribution in [-0.2, 0) is 55.8 Å². The first-order valence-electron chi connectivity index (χ1n) is 32.8.